The van der Waals surface area contributed by atoms with E-state index in [-0.39, 0.29) is 6.10 Å². The molecule has 1 aromatic rings. The van der Waals surface area contributed by atoms with Gasteiger partial charge in [-0.1, -0.05) is 30.7 Å². The van der Waals surface area contributed by atoms with Crippen LogP contribution in [0.2, 0.25) is 5.02 Å². The standard InChI is InChI=1S/C15H22ClNO/c1-11-2-8-14(9-3-11)18-15(10-17)12-4-6-13(16)7-5-12/h4-7,11,14-15H,2-3,8-10,17H2,1H3. The van der Waals surface area contributed by atoms with Crippen molar-refractivity contribution in [2.24, 2.45) is 11.7 Å². The molecule has 0 amide bonds. The molecule has 100 valence electrons. The highest BCUT2D eigenvalue weighted by atomic mass is 35.5. The van der Waals surface area contributed by atoms with Gasteiger partial charge >= 0.3 is 0 Å². The van der Waals surface area contributed by atoms with E-state index in [0.29, 0.717) is 12.6 Å². The van der Waals surface area contributed by atoms with Crippen molar-refractivity contribution in [2.75, 3.05) is 6.54 Å². The molecule has 3 heteroatoms. The first-order valence-electron chi connectivity index (χ1n) is 6.80. The molecule has 1 saturated carbocycles. The summed E-state index contributed by atoms with van der Waals surface area (Å²) in [6.07, 6.45) is 5.22. The van der Waals surface area contributed by atoms with Crippen LogP contribution in [0.15, 0.2) is 24.3 Å². The van der Waals surface area contributed by atoms with Gasteiger partial charge in [0.05, 0.1) is 12.2 Å². The van der Waals surface area contributed by atoms with Gasteiger partial charge in [0, 0.05) is 11.6 Å². The minimum Gasteiger partial charge on any atom is -0.369 e. The van der Waals surface area contributed by atoms with Crippen molar-refractivity contribution in [1.29, 1.82) is 0 Å². The van der Waals surface area contributed by atoms with Crippen molar-refractivity contribution in [1.82, 2.24) is 0 Å². The van der Waals surface area contributed by atoms with Gasteiger partial charge in [-0.2, -0.15) is 0 Å². The van der Waals surface area contributed by atoms with Gasteiger partial charge in [0.25, 0.3) is 0 Å². The summed E-state index contributed by atoms with van der Waals surface area (Å²) >= 11 is 5.90. The fraction of sp³-hybridized carbons (Fsp3) is 0.600. The maximum atomic E-state index is 6.15. The van der Waals surface area contributed by atoms with Gasteiger partial charge in [-0.3, -0.25) is 0 Å². The lowest BCUT2D eigenvalue weighted by molar-refractivity contribution is -0.0327. The maximum Gasteiger partial charge on any atom is 0.0950 e. The average Bonchev–Trinajstić information content (AvgIpc) is 2.39. The third kappa shape index (κ3) is 3.71. The first-order chi connectivity index (χ1) is 8.69. The lowest BCUT2D eigenvalue weighted by atomic mass is 9.89. The first-order valence-corrected chi connectivity index (χ1v) is 7.18. The van der Waals surface area contributed by atoms with Gasteiger partial charge < -0.3 is 10.5 Å². The molecule has 2 N–H and O–H groups in total. The summed E-state index contributed by atoms with van der Waals surface area (Å²) in [5.41, 5.74) is 6.95. The molecule has 0 aliphatic heterocycles. The van der Waals surface area contributed by atoms with E-state index in [0.717, 1.165) is 29.3 Å². The Morgan fingerprint density at radius 3 is 2.39 bits per heavy atom. The van der Waals surface area contributed by atoms with E-state index in [9.17, 15) is 0 Å². The third-order valence-electron chi connectivity index (χ3n) is 3.78. The minimum atomic E-state index is 0.000623. The number of hydrogen-bond donors (Lipinski definition) is 1. The summed E-state index contributed by atoms with van der Waals surface area (Å²) in [6, 6.07) is 7.80. The van der Waals surface area contributed by atoms with Crippen molar-refractivity contribution in [2.45, 2.75) is 44.8 Å². The van der Waals surface area contributed by atoms with Gasteiger partial charge in [-0.15, -0.1) is 0 Å². The summed E-state index contributed by atoms with van der Waals surface area (Å²) in [5, 5.41) is 0.751. The predicted octanol–water partition coefficient (Wildman–Crippen LogP) is 3.94. The molecule has 1 aliphatic carbocycles. The highest BCUT2D eigenvalue weighted by molar-refractivity contribution is 6.30. The number of rotatable bonds is 4. The lowest BCUT2D eigenvalue weighted by Crippen LogP contribution is -2.26. The second-order valence-electron chi connectivity index (χ2n) is 5.29. The van der Waals surface area contributed by atoms with Crippen molar-refractivity contribution < 1.29 is 4.74 Å². The Hall–Kier alpha value is -0.570. The number of benzene rings is 1. The Morgan fingerprint density at radius 2 is 1.83 bits per heavy atom. The maximum absolute atomic E-state index is 6.15. The van der Waals surface area contributed by atoms with E-state index in [1.165, 1.54) is 12.8 Å². The second kappa shape index (κ2) is 6.55. The van der Waals surface area contributed by atoms with Crippen LogP contribution in [0, 0.1) is 5.92 Å². The van der Waals surface area contributed by atoms with Crippen LogP contribution in [0.4, 0.5) is 0 Å². The summed E-state index contributed by atoms with van der Waals surface area (Å²) < 4.78 is 6.15. The predicted molar refractivity (Wildman–Crippen MR) is 75.8 cm³/mol. The van der Waals surface area contributed by atoms with Crippen LogP contribution in [-0.4, -0.2) is 12.6 Å². The van der Waals surface area contributed by atoms with E-state index in [1.54, 1.807) is 0 Å². The molecule has 1 fully saturated rings. The Balaban J connectivity index is 1.94. The molecule has 1 unspecified atom stereocenters. The van der Waals surface area contributed by atoms with E-state index in [2.05, 4.69) is 6.92 Å². The molecule has 0 spiro atoms. The molecule has 1 aromatic carbocycles. The van der Waals surface area contributed by atoms with Gasteiger partial charge in [0.1, 0.15) is 0 Å². The molecule has 1 aliphatic rings. The molecule has 18 heavy (non-hydrogen) atoms. The Labute approximate surface area is 114 Å². The van der Waals surface area contributed by atoms with E-state index in [1.807, 2.05) is 24.3 Å². The van der Waals surface area contributed by atoms with Crippen molar-refractivity contribution in [3.8, 4) is 0 Å². The van der Waals surface area contributed by atoms with Crippen molar-refractivity contribution >= 4 is 11.6 Å². The monoisotopic (exact) mass is 267 g/mol. The molecule has 1 atom stereocenters. The van der Waals surface area contributed by atoms with Crippen molar-refractivity contribution in [3.05, 3.63) is 34.9 Å². The number of halogens is 1. The van der Waals surface area contributed by atoms with Gasteiger partial charge in [-0.05, 0) is 49.3 Å². The minimum absolute atomic E-state index is 0.000623. The van der Waals surface area contributed by atoms with Crippen LogP contribution in [0.25, 0.3) is 0 Å². The summed E-state index contributed by atoms with van der Waals surface area (Å²) in [5.74, 6) is 0.844. The quantitative estimate of drug-likeness (QED) is 0.897. The van der Waals surface area contributed by atoms with Gasteiger partial charge in [0.15, 0.2) is 0 Å². The summed E-state index contributed by atoms with van der Waals surface area (Å²) in [4.78, 5) is 0. The number of ether oxygens (including phenoxy) is 1. The fourth-order valence-corrected chi connectivity index (χ4v) is 2.67. The lowest BCUT2D eigenvalue weighted by Gasteiger charge is -2.30. The molecular formula is C15H22ClNO. The largest absolute Gasteiger partial charge is 0.369 e. The zero-order valence-electron chi connectivity index (χ0n) is 10.9. The molecule has 0 bridgehead atoms. The van der Waals surface area contributed by atoms with Crippen LogP contribution in [0.3, 0.4) is 0 Å². The zero-order chi connectivity index (χ0) is 13.0. The Morgan fingerprint density at radius 1 is 1.22 bits per heavy atom. The fourth-order valence-electron chi connectivity index (χ4n) is 2.55. The summed E-state index contributed by atoms with van der Waals surface area (Å²) in [6.45, 7) is 2.84. The third-order valence-corrected chi connectivity index (χ3v) is 4.03. The second-order valence-corrected chi connectivity index (χ2v) is 5.73. The van der Waals surface area contributed by atoms with E-state index >= 15 is 0 Å². The van der Waals surface area contributed by atoms with Gasteiger partial charge in [0.2, 0.25) is 0 Å². The SMILES string of the molecule is CC1CCC(OC(CN)c2ccc(Cl)cc2)CC1. The Kier molecular flexibility index (Phi) is 5.04. The normalized spacial score (nSPS) is 25.9. The molecule has 0 heterocycles. The molecule has 0 saturated heterocycles. The van der Waals surface area contributed by atoms with Crippen LogP contribution in [0.1, 0.15) is 44.3 Å². The molecule has 0 aromatic heterocycles. The van der Waals surface area contributed by atoms with Crippen LogP contribution < -0.4 is 5.73 Å². The molecule has 2 rings (SSSR count). The Bertz CT molecular complexity index is 357. The number of hydrogen-bond acceptors (Lipinski definition) is 2. The van der Waals surface area contributed by atoms with E-state index < -0.39 is 0 Å². The highest BCUT2D eigenvalue weighted by Gasteiger charge is 2.22. The number of nitrogens with two attached hydrogens (primary N) is 1. The topological polar surface area (TPSA) is 35.2 Å². The zero-order valence-corrected chi connectivity index (χ0v) is 11.7. The molecular weight excluding hydrogens is 246 g/mol. The molecule has 0 radical (unpaired) electrons. The van der Waals surface area contributed by atoms with Crippen LogP contribution >= 0.6 is 11.6 Å². The van der Waals surface area contributed by atoms with E-state index in [4.69, 9.17) is 22.1 Å². The van der Waals surface area contributed by atoms with Crippen LogP contribution in [0.5, 0.6) is 0 Å². The molecule has 2 nitrogen and oxygen atoms in total. The smallest absolute Gasteiger partial charge is 0.0950 e. The van der Waals surface area contributed by atoms with Crippen molar-refractivity contribution in [3.63, 3.8) is 0 Å². The van der Waals surface area contributed by atoms with Crippen LogP contribution in [-0.2, 0) is 4.74 Å². The average molecular weight is 268 g/mol. The first kappa shape index (κ1) is 13.9. The van der Waals surface area contributed by atoms with Gasteiger partial charge in [-0.25, -0.2) is 0 Å². The highest BCUT2D eigenvalue weighted by Crippen LogP contribution is 2.29. The summed E-state index contributed by atoms with van der Waals surface area (Å²) in [7, 11) is 0.